The first kappa shape index (κ1) is 18.7. The number of nitro groups is 1. The van der Waals surface area contributed by atoms with Crippen LogP contribution in [0.3, 0.4) is 0 Å². The molecular weight excluding hydrogens is 371 g/mol. The average Bonchev–Trinajstić information content (AvgIpc) is 2.58. The van der Waals surface area contributed by atoms with Crippen LogP contribution in [0.25, 0.3) is 0 Å². The minimum Gasteiger partial charge on any atom is -0.449 e. The summed E-state index contributed by atoms with van der Waals surface area (Å²) in [7, 11) is 0. The third-order valence-electron chi connectivity index (χ3n) is 3.18. The first-order chi connectivity index (χ1) is 11.8. The molecule has 25 heavy (non-hydrogen) atoms. The molecule has 0 fully saturated rings. The van der Waals surface area contributed by atoms with Crippen LogP contribution in [0.1, 0.15) is 17.3 Å². The van der Waals surface area contributed by atoms with Crippen LogP contribution in [-0.4, -0.2) is 22.9 Å². The molecule has 9 heteroatoms. The van der Waals surface area contributed by atoms with E-state index in [2.05, 4.69) is 5.32 Å². The number of carbonyl (C=O) groups excluding carboxylic acids is 2. The number of ether oxygens (including phenoxy) is 1. The predicted octanol–water partition coefficient (Wildman–Crippen LogP) is 4.09. The maximum Gasteiger partial charge on any atom is 0.345 e. The number of anilines is 1. The maximum atomic E-state index is 12.1. The number of hydrogen-bond acceptors (Lipinski definition) is 5. The molecule has 1 unspecified atom stereocenters. The van der Waals surface area contributed by atoms with E-state index >= 15 is 0 Å². The smallest absolute Gasteiger partial charge is 0.345 e. The van der Waals surface area contributed by atoms with Gasteiger partial charge in [-0.15, -0.1) is 0 Å². The second kappa shape index (κ2) is 7.96. The molecule has 0 aliphatic heterocycles. The molecule has 1 N–H and O–H groups in total. The minimum absolute atomic E-state index is 0.148. The van der Waals surface area contributed by atoms with E-state index in [1.807, 2.05) is 0 Å². The van der Waals surface area contributed by atoms with Crippen LogP contribution in [0.15, 0.2) is 42.5 Å². The van der Waals surface area contributed by atoms with E-state index in [1.165, 1.54) is 37.3 Å². The molecule has 0 aromatic heterocycles. The highest BCUT2D eigenvalue weighted by atomic mass is 35.5. The summed E-state index contributed by atoms with van der Waals surface area (Å²) in [5.74, 6) is -1.64. The van der Waals surface area contributed by atoms with E-state index in [0.717, 1.165) is 0 Å². The number of carbonyl (C=O) groups is 2. The zero-order valence-corrected chi connectivity index (χ0v) is 14.4. The van der Waals surface area contributed by atoms with Gasteiger partial charge in [0.1, 0.15) is 5.56 Å². The van der Waals surface area contributed by atoms with Crippen molar-refractivity contribution in [3.63, 3.8) is 0 Å². The fourth-order valence-electron chi connectivity index (χ4n) is 1.92. The van der Waals surface area contributed by atoms with Crippen molar-refractivity contribution >= 4 is 46.5 Å². The maximum absolute atomic E-state index is 12.1. The van der Waals surface area contributed by atoms with E-state index in [4.69, 9.17) is 27.9 Å². The second-order valence-electron chi connectivity index (χ2n) is 4.91. The Morgan fingerprint density at radius 3 is 2.52 bits per heavy atom. The van der Waals surface area contributed by atoms with Gasteiger partial charge in [0, 0.05) is 6.07 Å². The van der Waals surface area contributed by atoms with Gasteiger partial charge in [-0.2, -0.15) is 0 Å². The van der Waals surface area contributed by atoms with Crippen molar-refractivity contribution in [3.05, 3.63) is 68.2 Å². The molecule has 7 nitrogen and oxygen atoms in total. The van der Waals surface area contributed by atoms with Gasteiger partial charge in [-0.1, -0.05) is 41.4 Å². The third kappa shape index (κ3) is 4.46. The Bertz CT molecular complexity index is 841. The predicted molar refractivity (Wildman–Crippen MR) is 93.1 cm³/mol. The summed E-state index contributed by atoms with van der Waals surface area (Å²) < 4.78 is 5.00. The van der Waals surface area contributed by atoms with E-state index in [9.17, 15) is 19.7 Å². The summed E-state index contributed by atoms with van der Waals surface area (Å²) in [4.78, 5) is 34.5. The highest BCUT2D eigenvalue weighted by Crippen LogP contribution is 2.29. The number of rotatable bonds is 5. The van der Waals surface area contributed by atoms with Gasteiger partial charge < -0.3 is 10.1 Å². The lowest BCUT2D eigenvalue weighted by atomic mass is 10.2. The Hall–Kier alpha value is -2.64. The molecule has 2 aromatic rings. The number of nitro benzene ring substituents is 1. The van der Waals surface area contributed by atoms with Crippen LogP contribution >= 0.6 is 23.2 Å². The third-order valence-corrected chi connectivity index (χ3v) is 4.00. The Morgan fingerprint density at radius 2 is 1.84 bits per heavy atom. The van der Waals surface area contributed by atoms with Crippen molar-refractivity contribution in [1.82, 2.24) is 0 Å². The zero-order valence-electron chi connectivity index (χ0n) is 12.9. The molecule has 0 aliphatic carbocycles. The lowest BCUT2D eigenvalue weighted by Crippen LogP contribution is -2.30. The summed E-state index contributed by atoms with van der Waals surface area (Å²) in [6, 6.07) is 9.98. The number of esters is 1. The van der Waals surface area contributed by atoms with Crippen LogP contribution in [0.5, 0.6) is 0 Å². The van der Waals surface area contributed by atoms with Crippen molar-refractivity contribution in [3.8, 4) is 0 Å². The number of nitrogens with one attached hydrogen (secondary N) is 1. The van der Waals surface area contributed by atoms with Gasteiger partial charge in [0.15, 0.2) is 6.10 Å². The summed E-state index contributed by atoms with van der Waals surface area (Å²) in [5, 5.41) is 13.8. The quantitative estimate of drug-likeness (QED) is 0.477. The van der Waals surface area contributed by atoms with E-state index in [0.29, 0.717) is 0 Å². The number of benzene rings is 2. The summed E-state index contributed by atoms with van der Waals surface area (Å²) in [6.45, 7) is 1.33. The second-order valence-corrected chi connectivity index (χ2v) is 5.70. The van der Waals surface area contributed by atoms with Gasteiger partial charge in [0.05, 0.1) is 20.7 Å². The molecular formula is C16H12Cl2N2O5. The Labute approximate surface area is 152 Å². The van der Waals surface area contributed by atoms with Gasteiger partial charge in [0.25, 0.3) is 11.6 Å². The molecule has 2 aromatic carbocycles. The molecule has 2 rings (SSSR count). The van der Waals surface area contributed by atoms with Crippen LogP contribution in [0.4, 0.5) is 11.4 Å². The summed E-state index contributed by atoms with van der Waals surface area (Å²) in [5.41, 5.74) is -0.390. The number of hydrogen-bond donors (Lipinski definition) is 1. The van der Waals surface area contributed by atoms with Crippen LogP contribution < -0.4 is 5.32 Å². The first-order valence-electron chi connectivity index (χ1n) is 7.00. The molecule has 0 aliphatic rings. The van der Waals surface area contributed by atoms with Crippen LogP contribution in [0, 0.1) is 10.1 Å². The fraction of sp³-hybridized carbons (Fsp3) is 0.125. The fourth-order valence-corrected chi connectivity index (χ4v) is 2.27. The summed E-state index contributed by atoms with van der Waals surface area (Å²) in [6.07, 6.45) is -1.21. The number of amides is 1. The van der Waals surface area contributed by atoms with Gasteiger partial charge >= 0.3 is 5.97 Å². The van der Waals surface area contributed by atoms with Crippen LogP contribution in [0.2, 0.25) is 10.0 Å². The lowest BCUT2D eigenvalue weighted by molar-refractivity contribution is -0.385. The number of nitrogens with zero attached hydrogens (tertiary/aromatic N) is 1. The first-order valence-corrected chi connectivity index (χ1v) is 7.76. The molecule has 0 heterocycles. The Kier molecular flexibility index (Phi) is 5.95. The standard InChI is InChI=1S/C16H12Cl2N2O5/c1-9(15(21)19-12-7-4-6-11(17)14(12)18)25-16(22)10-5-2-3-8-13(10)20(23)24/h2-9H,1H3,(H,19,21). The SMILES string of the molecule is CC(OC(=O)c1ccccc1[N+](=O)[O-])C(=O)Nc1cccc(Cl)c1Cl. The van der Waals surface area contributed by atoms with E-state index in [1.54, 1.807) is 12.1 Å². The highest BCUT2D eigenvalue weighted by molar-refractivity contribution is 6.44. The normalized spacial score (nSPS) is 11.5. The Balaban J connectivity index is 2.10. The molecule has 0 saturated heterocycles. The van der Waals surface area contributed by atoms with Gasteiger partial charge in [-0.25, -0.2) is 4.79 Å². The summed E-state index contributed by atoms with van der Waals surface area (Å²) >= 11 is 11.8. The van der Waals surface area contributed by atoms with Crippen molar-refractivity contribution in [2.75, 3.05) is 5.32 Å². The molecule has 1 amide bonds. The number of para-hydroxylation sites is 1. The van der Waals surface area contributed by atoms with Gasteiger partial charge in [0.2, 0.25) is 0 Å². The average molecular weight is 383 g/mol. The number of halogens is 2. The van der Waals surface area contributed by atoms with Gasteiger partial charge in [-0.3, -0.25) is 14.9 Å². The molecule has 0 spiro atoms. The topological polar surface area (TPSA) is 98.5 Å². The van der Waals surface area contributed by atoms with E-state index in [-0.39, 0.29) is 21.3 Å². The van der Waals surface area contributed by atoms with Crippen molar-refractivity contribution < 1.29 is 19.2 Å². The highest BCUT2D eigenvalue weighted by Gasteiger charge is 2.25. The van der Waals surface area contributed by atoms with Crippen molar-refractivity contribution in [1.29, 1.82) is 0 Å². The molecule has 0 radical (unpaired) electrons. The zero-order chi connectivity index (χ0) is 18.6. The molecule has 0 bridgehead atoms. The van der Waals surface area contributed by atoms with Crippen molar-refractivity contribution in [2.45, 2.75) is 13.0 Å². The molecule has 130 valence electrons. The monoisotopic (exact) mass is 382 g/mol. The minimum atomic E-state index is -1.21. The van der Waals surface area contributed by atoms with Crippen LogP contribution in [-0.2, 0) is 9.53 Å². The molecule has 0 saturated carbocycles. The largest absolute Gasteiger partial charge is 0.449 e. The lowest BCUT2D eigenvalue weighted by Gasteiger charge is -2.14. The van der Waals surface area contributed by atoms with Gasteiger partial charge in [-0.05, 0) is 25.1 Å². The molecule has 1 atom stereocenters. The Morgan fingerprint density at radius 1 is 1.16 bits per heavy atom. The van der Waals surface area contributed by atoms with Crippen molar-refractivity contribution in [2.24, 2.45) is 0 Å². The van der Waals surface area contributed by atoms with E-state index < -0.39 is 28.6 Å².